The molecule has 92 valence electrons. The zero-order valence-electron chi connectivity index (χ0n) is 9.25. The molecular weight excluding hydrogens is 226 g/mol. The van der Waals surface area contributed by atoms with Crippen molar-refractivity contribution in [1.82, 2.24) is 5.32 Å². The lowest BCUT2D eigenvalue weighted by Gasteiger charge is -2.04. The highest BCUT2D eigenvalue weighted by Gasteiger charge is 2.44. The minimum absolute atomic E-state index is 0.107. The molecule has 2 unspecified atom stereocenters. The predicted molar refractivity (Wildman–Crippen MR) is 59.3 cm³/mol. The van der Waals surface area contributed by atoms with Crippen LogP contribution in [0.2, 0.25) is 0 Å². The largest absolute Gasteiger partial charge is 0.355 e. The maximum absolute atomic E-state index is 13.4. The van der Waals surface area contributed by atoms with Gasteiger partial charge in [-0.2, -0.15) is 0 Å². The first-order valence-electron chi connectivity index (χ1n) is 5.56. The van der Waals surface area contributed by atoms with Gasteiger partial charge in [-0.25, -0.2) is 8.78 Å². The van der Waals surface area contributed by atoms with Crippen LogP contribution in [0, 0.1) is 17.6 Å². The molecule has 1 aromatic carbocycles. The van der Waals surface area contributed by atoms with Gasteiger partial charge < -0.3 is 11.1 Å². The number of carbonyl (C=O) groups is 1. The molecule has 1 saturated carbocycles. The molecule has 1 aliphatic carbocycles. The standard InChI is InChI=1S/C12H14F2N2O/c13-7-1-2-8(11(14)5-7)9-6-10(9)12(17)16-4-3-15/h1-2,5,9-10H,3-4,6,15H2,(H,16,17). The third kappa shape index (κ3) is 2.61. The van der Waals surface area contributed by atoms with E-state index < -0.39 is 11.6 Å². The zero-order valence-corrected chi connectivity index (χ0v) is 9.25. The van der Waals surface area contributed by atoms with Crippen LogP contribution < -0.4 is 11.1 Å². The highest BCUT2D eigenvalue weighted by Crippen LogP contribution is 2.48. The molecule has 1 amide bonds. The molecular formula is C12H14F2N2O. The van der Waals surface area contributed by atoms with Crippen LogP contribution in [-0.4, -0.2) is 19.0 Å². The van der Waals surface area contributed by atoms with Crippen molar-refractivity contribution in [3.8, 4) is 0 Å². The fraction of sp³-hybridized carbons (Fsp3) is 0.417. The minimum atomic E-state index is -0.601. The van der Waals surface area contributed by atoms with Gasteiger partial charge in [0.2, 0.25) is 5.91 Å². The molecule has 3 nitrogen and oxygen atoms in total. The SMILES string of the molecule is NCCNC(=O)C1CC1c1ccc(F)cc1F. The second-order valence-electron chi connectivity index (χ2n) is 4.19. The predicted octanol–water partition coefficient (Wildman–Crippen LogP) is 1.14. The molecule has 0 aromatic heterocycles. The van der Waals surface area contributed by atoms with Crippen molar-refractivity contribution in [2.75, 3.05) is 13.1 Å². The van der Waals surface area contributed by atoms with Gasteiger partial charge in [-0.05, 0) is 24.0 Å². The quantitative estimate of drug-likeness (QED) is 0.829. The number of halogens is 2. The molecule has 0 spiro atoms. The van der Waals surface area contributed by atoms with E-state index >= 15 is 0 Å². The molecule has 1 fully saturated rings. The van der Waals surface area contributed by atoms with Gasteiger partial charge in [-0.15, -0.1) is 0 Å². The van der Waals surface area contributed by atoms with Gasteiger partial charge >= 0.3 is 0 Å². The van der Waals surface area contributed by atoms with E-state index in [9.17, 15) is 13.6 Å². The normalized spacial score (nSPS) is 22.3. The Bertz CT molecular complexity index is 437. The van der Waals surface area contributed by atoms with Crippen LogP contribution in [0.4, 0.5) is 8.78 Å². The summed E-state index contributed by atoms with van der Waals surface area (Å²) in [7, 11) is 0. The maximum Gasteiger partial charge on any atom is 0.223 e. The van der Waals surface area contributed by atoms with E-state index in [2.05, 4.69) is 5.32 Å². The van der Waals surface area contributed by atoms with Gasteiger partial charge in [0, 0.05) is 25.1 Å². The van der Waals surface area contributed by atoms with Gasteiger partial charge in [0.05, 0.1) is 0 Å². The van der Waals surface area contributed by atoms with Crippen LogP contribution in [0.15, 0.2) is 18.2 Å². The Morgan fingerprint density at radius 2 is 2.24 bits per heavy atom. The Balaban J connectivity index is 2.00. The van der Waals surface area contributed by atoms with Gasteiger partial charge in [-0.1, -0.05) is 6.07 Å². The van der Waals surface area contributed by atoms with Gasteiger partial charge in [0.25, 0.3) is 0 Å². The maximum atomic E-state index is 13.4. The summed E-state index contributed by atoms with van der Waals surface area (Å²) < 4.78 is 26.2. The topological polar surface area (TPSA) is 55.1 Å². The molecule has 1 aromatic rings. The van der Waals surface area contributed by atoms with Crippen molar-refractivity contribution in [3.05, 3.63) is 35.4 Å². The van der Waals surface area contributed by atoms with Crippen LogP contribution in [-0.2, 0) is 4.79 Å². The molecule has 0 saturated heterocycles. The summed E-state index contributed by atoms with van der Waals surface area (Å²) in [6.45, 7) is 0.808. The number of nitrogens with two attached hydrogens (primary N) is 1. The fourth-order valence-corrected chi connectivity index (χ4v) is 1.96. The number of carbonyl (C=O) groups excluding carboxylic acids is 1. The van der Waals surface area contributed by atoms with Crippen LogP contribution >= 0.6 is 0 Å². The Kier molecular flexibility index (Phi) is 3.38. The molecule has 0 radical (unpaired) electrons. The summed E-state index contributed by atoms with van der Waals surface area (Å²) in [4.78, 5) is 11.6. The monoisotopic (exact) mass is 240 g/mol. The third-order valence-corrected chi connectivity index (χ3v) is 2.93. The molecule has 5 heteroatoms. The Morgan fingerprint density at radius 3 is 2.88 bits per heavy atom. The second-order valence-corrected chi connectivity index (χ2v) is 4.19. The van der Waals surface area contributed by atoms with Gasteiger partial charge in [0.15, 0.2) is 0 Å². The summed E-state index contributed by atoms with van der Waals surface area (Å²) in [6.07, 6.45) is 0.610. The van der Waals surface area contributed by atoms with Crippen LogP contribution in [0.3, 0.4) is 0 Å². The van der Waals surface area contributed by atoms with E-state index in [4.69, 9.17) is 5.73 Å². The molecule has 17 heavy (non-hydrogen) atoms. The van der Waals surface area contributed by atoms with E-state index in [0.29, 0.717) is 25.1 Å². The van der Waals surface area contributed by atoms with Crippen molar-refractivity contribution in [2.24, 2.45) is 11.7 Å². The van der Waals surface area contributed by atoms with Crippen molar-refractivity contribution in [2.45, 2.75) is 12.3 Å². The number of nitrogens with one attached hydrogen (secondary N) is 1. The molecule has 1 aliphatic rings. The molecule has 0 aliphatic heterocycles. The van der Waals surface area contributed by atoms with Gasteiger partial charge in [0.1, 0.15) is 11.6 Å². The summed E-state index contributed by atoms with van der Waals surface area (Å²) >= 11 is 0. The number of hydrogen-bond donors (Lipinski definition) is 2. The van der Waals surface area contributed by atoms with Crippen molar-refractivity contribution in [3.63, 3.8) is 0 Å². The lowest BCUT2D eigenvalue weighted by atomic mass is 10.1. The Labute approximate surface area is 98.0 Å². The molecule has 3 N–H and O–H groups in total. The number of rotatable bonds is 4. The van der Waals surface area contributed by atoms with Crippen molar-refractivity contribution >= 4 is 5.91 Å². The number of hydrogen-bond acceptors (Lipinski definition) is 2. The molecule has 0 bridgehead atoms. The van der Waals surface area contributed by atoms with E-state index in [0.717, 1.165) is 6.07 Å². The first-order chi connectivity index (χ1) is 8.13. The Morgan fingerprint density at radius 1 is 1.47 bits per heavy atom. The lowest BCUT2D eigenvalue weighted by Crippen LogP contribution is -2.30. The van der Waals surface area contributed by atoms with E-state index in [-0.39, 0.29) is 17.7 Å². The minimum Gasteiger partial charge on any atom is -0.355 e. The average molecular weight is 240 g/mol. The van der Waals surface area contributed by atoms with Crippen LogP contribution in [0.25, 0.3) is 0 Å². The van der Waals surface area contributed by atoms with E-state index in [1.807, 2.05) is 0 Å². The highest BCUT2D eigenvalue weighted by atomic mass is 19.1. The summed E-state index contributed by atoms with van der Waals surface area (Å²) in [5, 5.41) is 2.66. The lowest BCUT2D eigenvalue weighted by molar-refractivity contribution is -0.122. The van der Waals surface area contributed by atoms with Crippen LogP contribution in [0.1, 0.15) is 17.9 Å². The highest BCUT2D eigenvalue weighted by molar-refractivity contribution is 5.82. The first-order valence-corrected chi connectivity index (χ1v) is 5.56. The molecule has 2 atom stereocenters. The number of benzene rings is 1. The summed E-state index contributed by atoms with van der Waals surface area (Å²) in [5.74, 6) is -1.63. The molecule has 2 rings (SSSR count). The van der Waals surface area contributed by atoms with Crippen molar-refractivity contribution < 1.29 is 13.6 Å². The van der Waals surface area contributed by atoms with Crippen LogP contribution in [0.5, 0.6) is 0 Å². The summed E-state index contributed by atoms with van der Waals surface area (Å²) in [5.41, 5.74) is 5.68. The zero-order chi connectivity index (χ0) is 12.4. The molecule has 0 heterocycles. The third-order valence-electron chi connectivity index (χ3n) is 2.93. The summed E-state index contributed by atoms with van der Waals surface area (Å²) in [6, 6.07) is 3.47. The van der Waals surface area contributed by atoms with Crippen molar-refractivity contribution in [1.29, 1.82) is 0 Å². The van der Waals surface area contributed by atoms with E-state index in [1.54, 1.807) is 0 Å². The van der Waals surface area contributed by atoms with Gasteiger partial charge in [-0.3, -0.25) is 4.79 Å². The van der Waals surface area contributed by atoms with E-state index in [1.165, 1.54) is 12.1 Å². The average Bonchev–Trinajstić information content (AvgIpc) is 3.06. The smallest absolute Gasteiger partial charge is 0.223 e. The number of amides is 1. The first kappa shape index (κ1) is 12.0. The second kappa shape index (κ2) is 4.79. The fourth-order valence-electron chi connectivity index (χ4n) is 1.96. The Hall–Kier alpha value is -1.49.